The van der Waals surface area contributed by atoms with Crippen molar-refractivity contribution < 1.29 is 14.6 Å². The normalized spacial score (nSPS) is 29.9. The molecule has 3 atom stereocenters. The van der Waals surface area contributed by atoms with Crippen LogP contribution in [-0.2, 0) is 4.79 Å². The van der Waals surface area contributed by atoms with Gasteiger partial charge in [0.05, 0.1) is 12.5 Å². The van der Waals surface area contributed by atoms with Crippen LogP contribution >= 0.6 is 0 Å². The Morgan fingerprint density at radius 3 is 2.83 bits per heavy atom. The number of benzene rings is 1. The zero-order valence-electron chi connectivity index (χ0n) is 10.1. The fraction of sp³-hybridized carbons (Fsp3) is 0.500. The predicted molar refractivity (Wildman–Crippen MR) is 66.6 cm³/mol. The van der Waals surface area contributed by atoms with E-state index < -0.39 is 5.97 Å². The molecule has 18 heavy (non-hydrogen) atoms. The molecule has 0 radical (unpaired) electrons. The van der Waals surface area contributed by atoms with E-state index in [1.54, 1.807) is 0 Å². The number of carboxylic acids is 1. The maximum atomic E-state index is 11.0. The Labute approximate surface area is 106 Å². The highest BCUT2D eigenvalue weighted by Crippen LogP contribution is 2.35. The molecule has 0 amide bonds. The number of hydrogen-bond acceptors (Lipinski definition) is 3. The molecule has 1 aromatic carbocycles. The van der Waals surface area contributed by atoms with Crippen LogP contribution in [-0.4, -0.2) is 23.7 Å². The van der Waals surface area contributed by atoms with Crippen molar-refractivity contribution in [1.82, 2.24) is 5.32 Å². The average molecular weight is 247 g/mol. The Bertz CT molecular complexity index is 460. The zero-order chi connectivity index (χ0) is 12.5. The number of hydrogen-bond donors (Lipinski definition) is 2. The van der Waals surface area contributed by atoms with Crippen molar-refractivity contribution in [2.45, 2.75) is 31.3 Å². The van der Waals surface area contributed by atoms with Crippen LogP contribution in [0.3, 0.4) is 0 Å². The van der Waals surface area contributed by atoms with E-state index in [1.165, 1.54) is 0 Å². The molecule has 2 N–H and O–H groups in total. The highest BCUT2D eigenvalue weighted by atomic mass is 16.5. The lowest BCUT2D eigenvalue weighted by Gasteiger charge is -2.38. The molecule has 3 unspecified atom stereocenters. The molecule has 4 heteroatoms. The summed E-state index contributed by atoms with van der Waals surface area (Å²) in [6.07, 6.45) is 2.65. The highest BCUT2D eigenvalue weighted by molar-refractivity contribution is 5.72. The Kier molecular flexibility index (Phi) is 2.96. The van der Waals surface area contributed by atoms with Crippen molar-refractivity contribution in [3.63, 3.8) is 0 Å². The molecule has 1 heterocycles. The summed E-state index contributed by atoms with van der Waals surface area (Å²) in [4.78, 5) is 11.0. The van der Waals surface area contributed by atoms with Gasteiger partial charge in [-0.05, 0) is 18.9 Å². The van der Waals surface area contributed by atoms with Crippen molar-refractivity contribution in [3.8, 4) is 5.75 Å². The Morgan fingerprint density at radius 2 is 2.11 bits per heavy atom. The Morgan fingerprint density at radius 1 is 1.28 bits per heavy atom. The smallest absolute Gasteiger partial charge is 0.308 e. The van der Waals surface area contributed by atoms with Gasteiger partial charge in [0.2, 0.25) is 0 Å². The first kappa shape index (κ1) is 11.5. The third kappa shape index (κ3) is 1.97. The molecule has 0 spiro atoms. The van der Waals surface area contributed by atoms with Crippen LogP contribution in [0.15, 0.2) is 24.3 Å². The third-order valence-corrected chi connectivity index (χ3v) is 3.97. The number of aliphatic carboxylic acids is 1. The third-order valence-electron chi connectivity index (χ3n) is 3.97. The van der Waals surface area contributed by atoms with Gasteiger partial charge in [0, 0.05) is 24.1 Å². The van der Waals surface area contributed by atoms with Crippen LogP contribution in [0.25, 0.3) is 0 Å². The van der Waals surface area contributed by atoms with Gasteiger partial charge in [-0.15, -0.1) is 0 Å². The molecular weight excluding hydrogens is 230 g/mol. The summed E-state index contributed by atoms with van der Waals surface area (Å²) in [5.74, 6) is 0.0200. The molecule has 0 saturated heterocycles. The molecule has 1 aliphatic heterocycles. The summed E-state index contributed by atoms with van der Waals surface area (Å²) in [5, 5.41) is 12.5. The minimum atomic E-state index is -0.681. The fourth-order valence-corrected chi connectivity index (χ4v) is 2.77. The van der Waals surface area contributed by atoms with Gasteiger partial charge in [0.25, 0.3) is 0 Å². The van der Waals surface area contributed by atoms with Crippen LogP contribution in [0.5, 0.6) is 5.75 Å². The number of fused-ring (bicyclic) bond motifs is 1. The first-order valence-electron chi connectivity index (χ1n) is 6.46. The van der Waals surface area contributed by atoms with Crippen molar-refractivity contribution >= 4 is 5.97 Å². The van der Waals surface area contributed by atoms with Crippen LogP contribution in [0, 0.1) is 5.92 Å². The summed E-state index contributed by atoms with van der Waals surface area (Å²) in [6.45, 7) is 0.694. The molecule has 4 nitrogen and oxygen atoms in total. The molecule has 1 aliphatic carbocycles. The van der Waals surface area contributed by atoms with Crippen LogP contribution < -0.4 is 10.1 Å². The van der Waals surface area contributed by atoms with Gasteiger partial charge in [-0.2, -0.15) is 0 Å². The van der Waals surface area contributed by atoms with Gasteiger partial charge in [-0.25, -0.2) is 0 Å². The lowest BCUT2D eigenvalue weighted by molar-refractivity contribution is -0.146. The summed E-state index contributed by atoms with van der Waals surface area (Å²) in [6, 6.07) is 8.32. The van der Waals surface area contributed by atoms with Crippen LogP contribution in [0.1, 0.15) is 30.9 Å². The van der Waals surface area contributed by atoms with Crippen LogP contribution in [0.4, 0.5) is 0 Å². The number of ether oxygens (including phenoxy) is 1. The second kappa shape index (κ2) is 4.61. The highest BCUT2D eigenvalue weighted by Gasteiger charge is 2.38. The molecule has 1 aromatic rings. The quantitative estimate of drug-likeness (QED) is 0.857. The van der Waals surface area contributed by atoms with E-state index in [0.29, 0.717) is 6.61 Å². The van der Waals surface area contributed by atoms with Crippen molar-refractivity contribution in [1.29, 1.82) is 0 Å². The largest absolute Gasteiger partial charge is 0.493 e. The molecular formula is C14H17NO3. The van der Waals surface area contributed by atoms with Gasteiger partial charge in [0.15, 0.2) is 0 Å². The van der Waals surface area contributed by atoms with Gasteiger partial charge in [-0.3, -0.25) is 4.79 Å². The number of rotatable bonds is 3. The first-order chi connectivity index (χ1) is 8.75. The lowest BCUT2D eigenvalue weighted by Crippen LogP contribution is -2.49. The second-order valence-electron chi connectivity index (χ2n) is 5.02. The Balaban J connectivity index is 1.73. The zero-order valence-corrected chi connectivity index (χ0v) is 10.1. The van der Waals surface area contributed by atoms with Gasteiger partial charge in [0.1, 0.15) is 5.75 Å². The molecule has 96 valence electrons. The van der Waals surface area contributed by atoms with Crippen molar-refractivity contribution in [2.24, 2.45) is 5.92 Å². The summed E-state index contributed by atoms with van der Waals surface area (Å²) >= 11 is 0. The van der Waals surface area contributed by atoms with E-state index in [0.717, 1.165) is 30.6 Å². The Hall–Kier alpha value is -1.55. The minimum Gasteiger partial charge on any atom is -0.493 e. The monoisotopic (exact) mass is 247 g/mol. The van der Waals surface area contributed by atoms with Crippen molar-refractivity contribution in [2.75, 3.05) is 6.61 Å². The standard InChI is InChI=1S/C14H17NO3/c16-14(17)10-5-6-11(10)15-12-7-8-18-13-4-2-1-3-9(12)13/h1-4,10-12,15H,5-8H2,(H,16,17). The maximum Gasteiger partial charge on any atom is 0.308 e. The number of carbonyl (C=O) groups is 1. The summed E-state index contributed by atoms with van der Waals surface area (Å²) in [7, 11) is 0. The number of para-hydroxylation sites is 1. The molecule has 1 fully saturated rings. The predicted octanol–water partition coefficient (Wildman–Crippen LogP) is 1.96. The molecule has 1 saturated carbocycles. The van der Waals surface area contributed by atoms with Crippen molar-refractivity contribution in [3.05, 3.63) is 29.8 Å². The topological polar surface area (TPSA) is 58.6 Å². The molecule has 0 bridgehead atoms. The SMILES string of the molecule is O=C(O)C1CCC1NC1CCOc2ccccc21. The number of nitrogens with one attached hydrogen (secondary N) is 1. The van der Waals surface area contributed by atoms with E-state index in [-0.39, 0.29) is 18.0 Å². The minimum absolute atomic E-state index is 0.110. The van der Waals surface area contributed by atoms with E-state index in [2.05, 4.69) is 11.4 Å². The van der Waals surface area contributed by atoms with E-state index in [1.807, 2.05) is 18.2 Å². The van der Waals surface area contributed by atoms with Gasteiger partial charge in [-0.1, -0.05) is 18.2 Å². The second-order valence-corrected chi connectivity index (χ2v) is 5.02. The molecule has 2 aliphatic rings. The van der Waals surface area contributed by atoms with E-state index in [9.17, 15) is 4.79 Å². The average Bonchev–Trinajstić information content (AvgIpc) is 2.34. The van der Waals surface area contributed by atoms with E-state index >= 15 is 0 Å². The van der Waals surface area contributed by atoms with Crippen LogP contribution in [0.2, 0.25) is 0 Å². The fourth-order valence-electron chi connectivity index (χ4n) is 2.77. The number of carboxylic acid groups (broad SMARTS) is 1. The molecule has 0 aromatic heterocycles. The first-order valence-corrected chi connectivity index (χ1v) is 6.46. The summed E-state index contributed by atoms with van der Waals surface area (Å²) < 4.78 is 5.60. The van der Waals surface area contributed by atoms with Gasteiger partial charge < -0.3 is 15.2 Å². The molecule has 3 rings (SSSR count). The van der Waals surface area contributed by atoms with E-state index in [4.69, 9.17) is 9.84 Å². The summed E-state index contributed by atoms with van der Waals surface area (Å²) in [5.41, 5.74) is 1.15. The van der Waals surface area contributed by atoms with Gasteiger partial charge >= 0.3 is 5.97 Å². The maximum absolute atomic E-state index is 11.0. The lowest BCUT2D eigenvalue weighted by atomic mass is 9.78.